The molecule has 2 rings (SSSR count). The molecule has 2 amide bonds. The fourth-order valence-corrected chi connectivity index (χ4v) is 3.20. The van der Waals surface area contributed by atoms with Crippen molar-refractivity contribution in [2.75, 3.05) is 19.6 Å². The first-order chi connectivity index (χ1) is 11.5. The van der Waals surface area contributed by atoms with Crippen LogP contribution in [0.5, 0.6) is 0 Å². The van der Waals surface area contributed by atoms with Crippen molar-refractivity contribution in [3.63, 3.8) is 0 Å². The van der Waals surface area contributed by atoms with Crippen LogP contribution in [0, 0.1) is 12.8 Å². The van der Waals surface area contributed by atoms with Crippen LogP contribution in [0.2, 0.25) is 0 Å². The number of carbonyl (C=O) groups is 2. The molecule has 1 heterocycles. The number of aliphatic hydroxyl groups excluding tert-OH is 1. The Labute approximate surface area is 144 Å². The molecule has 1 aliphatic rings. The average molecular weight is 332 g/mol. The van der Waals surface area contributed by atoms with E-state index in [2.05, 4.69) is 5.32 Å². The number of nitrogens with one attached hydrogen (secondary N) is 1. The lowest BCUT2D eigenvalue weighted by Crippen LogP contribution is -2.46. The fraction of sp³-hybridized carbons (Fsp3) is 0.579. The van der Waals surface area contributed by atoms with Crippen molar-refractivity contribution < 1.29 is 14.7 Å². The van der Waals surface area contributed by atoms with Crippen LogP contribution >= 0.6 is 0 Å². The molecule has 1 aromatic carbocycles. The van der Waals surface area contributed by atoms with E-state index in [1.165, 1.54) is 0 Å². The third-order valence-electron chi connectivity index (χ3n) is 4.63. The van der Waals surface area contributed by atoms with E-state index >= 15 is 0 Å². The number of rotatable bonds is 6. The number of aryl methyl sites for hydroxylation is 1. The molecule has 132 valence electrons. The van der Waals surface area contributed by atoms with Gasteiger partial charge in [-0.1, -0.05) is 31.2 Å². The number of benzene rings is 1. The van der Waals surface area contributed by atoms with Crippen LogP contribution in [-0.4, -0.2) is 41.5 Å². The third-order valence-corrected chi connectivity index (χ3v) is 4.63. The first-order valence-corrected chi connectivity index (χ1v) is 8.82. The van der Waals surface area contributed by atoms with E-state index in [1.807, 2.05) is 38.1 Å². The van der Waals surface area contributed by atoms with Gasteiger partial charge in [0.15, 0.2) is 0 Å². The Balaban J connectivity index is 1.86. The molecule has 2 N–H and O–H groups in total. The van der Waals surface area contributed by atoms with E-state index in [4.69, 9.17) is 0 Å². The van der Waals surface area contributed by atoms with Gasteiger partial charge in [-0.15, -0.1) is 0 Å². The molecule has 5 heteroatoms. The van der Waals surface area contributed by atoms with E-state index in [0.29, 0.717) is 13.0 Å². The minimum atomic E-state index is -0.712. The highest BCUT2D eigenvalue weighted by molar-refractivity contribution is 5.81. The standard InChI is InChI=1S/C19H28N2O3/c1-3-7-18(23)21-11-6-9-15(13-21)19(24)20-12-17(22)16-10-5-4-8-14(16)2/h4-5,8,10,15,17,22H,3,6-7,9,11-13H2,1-2H3,(H,20,24). The zero-order valence-corrected chi connectivity index (χ0v) is 14.6. The van der Waals surface area contributed by atoms with Crippen molar-refractivity contribution in [2.24, 2.45) is 5.92 Å². The zero-order chi connectivity index (χ0) is 17.5. The Morgan fingerprint density at radius 1 is 1.38 bits per heavy atom. The van der Waals surface area contributed by atoms with Gasteiger partial charge in [-0.3, -0.25) is 9.59 Å². The summed E-state index contributed by atoms with van der Waals surface area (Å²) in [6.07, 6.45) is 2.31. The normalized spacial score (nSPS) is 19.0. The monoisotopic (exact) mass is 332 g/mol. The van der Waals surface area contributed by atoms with Gasteiger partial charge in [0, 0.05) is 26.1 Å². The van der Waals surface area contributed by atoms with Crippen LogP contribution in [-0.2, 0) is 9.59 Å². The molecular formula is C19H28N2O3. The molecule has 0 spiro atoms. The van der Waals surface area contributed by atoms with Crippen LogP contribution in [0.4, 0.5) is 0 Å². The molecule has 1 fully saturated rings. The molecule has 0 aromatic heterocycles. The second kappa shape index (κ2) is 8.83. The van der Waals surface area contributed by atoms with Crippen LogP contribution in [0.1, 0.15) is 49.8 Å². The largest absolute Gasteiger partial charge is 0.387 e. The maximum atomic E-state index is 12.4. The molecule has 1 aromatic rings. The fourth-order valence-electron chi connectivity index (χ4n) is 3.20. The summed E-state index contributed by atoms with van der Waals surface area (Å²) in [5, 5.41) is 13.1. The molecular weight excluding hydrogens is 304 g/mol. The van der Waals surface area contributed by atoms with Gasteiger partial charge >= 0.3 is 0 Å². The van der Waals surface area contributed by atoms with Gasteiger partial charge in [0.05, 0.1) is 12.0 Å². The predicted molar refractivity (Wildman–Crippen MR) is 93.4 cm³/mol. The quantitative estimate of drug-likeness (QED) is 0.839. The lowest BCUT2D eigenvalue weighted by atomic mass is 9.96. The number of hydrogen-bond acceptors (Lipinski definition) is 3. The molecule has 5 nitrogen and oxygen atoms in total. The lowest BCUT2D eigenvalue weighted by molar-refractivity contribution is -0.135. The van der Waals surface area contributed by atoms with Gasteiger partial charge in [-0.2, -0.15) is 0 Å². The summed E-state index contributed by atoms with van der Waals surface area (Å²) in [5.41, 5.74) is 1.84. The molecule has 24 heavy (non-hydrogen) atoms. The van der Waals surface area contributed by atoms with Gasteiger partial charge in [-0.25, -0.2) is 0 Å². The first-order valence-electron chi connectivity index (χ1n) is 8.82. The highest BCUT2D eigenvalue weighted by Gasteiger charge is 2.28. The Hall–Kier alpha value is -1.88. The second-order valence-corrected chi connectivity index (χ2v) is 6.55. The van der Waals surface area contributed by atoms with Crippen molar-refractivity contribution in [3.8, 4) is 0 Å². The molecule has 2 atom stereocenters. The summed E-state index contributed by atoms with van der Waals surface area (Å²) in [5.74, 6) is -0.116. The maximum absolute atomic E-state index is 12.4. The summed E-state index contributed by atoms with van der Waals surface area (Å²) in [6, 6.07) is 7.62. The molecule has 2 unspecified atom stereocenters. The Bertz CT molecular complexity index is 573. The highest BCUT2D eigenvalue weighted by atomic mass is 16.3. The lowest BCUT2D eigenvalue weighted by Gasteiger charge is -2.32. The molecule has 0 aliphatic carbocycles. The van der Waals surface area contributed by atoms with E-state index in [-0.39, 0.29) is 24.3 Å². The van der Waals surface area contributed by atoms with Gasteiger partial charge < -0.3 is 15.3 Å². The number of nitrogens with zero attached hydrogens (tertiary/aromatic N) is 1. The summed E-state index contributed by atoms with van der Waals surface area (Å²) >= 11 is 0. The Morgan fingerprint density at radius 3 is 2.83 bits per heavy atom. The number of piperidine rings is 1. The molecule has 0 saturated carbocycles. The molecule has 0 radical (unpaired) electrons. The van der Waals surface area contributed by atoms with Crippen molar-refractivity contribution in [2.45, 2.75) is 45.6 Å². The SMILES string of the molecule is CCCC(=O)N1CCCC(C(=O)NCC(O)c2ccccc2C)C1. The molecule has 1 aliphatic heterocycles. The topological polar surface area (TPSA) is 69.6 Å². The number of hydrogen-bond donors (Lipinski definition) is 2. The summed E-state index contributed by atoms with van der Waals surface area (Å²) < 4.78 is 0. The molecule has 0 bridgehead atoms. The van der Waals surface area contributed by atoms with E-state index in [0.717, 1.165) is 36.9 Å². The van der Waals surface area contributed by atoms with E-state index in [1.54, 1.807) is 4.90 Å². The van der Waals surface area contributed by atoms with Crippen LogP contribution in [0.3, 0.4) is 0 Å². The van der Waals surface area contributed by atoms with Gasteiger partial charge in [-0.05, 0) is 37.3 Å². The average Bonchev–Trinajstić information content (AvgIpc) is 2.60. The number of aliphatic hydroxyl groups is 1. The zero-order valence-electron chi connectivity index (χ0n) is 14.6. The number of amides is 2. The van der Waals surface area contributed by atoms with Gasteiger partial charge in [0.25, 0.3) is 0 Å². The summed E-state index contributed by atoms with van der Waals surface area (Å²) in [7, 11) is 0. The number of carbonyl (C=O) groups excluding carboxylic acids is 2. The second-order valence-electron chi connectivity index (χ2n) is 6.55. The van der Waals surface area contributed by atoms with E-state index < -0.39 is 6.10 Å². The van der Waals surface area contributed by atoms with Crippen molar-refractivity contribution >= 4 is 11.8 Å². The number of likely N-dealkylation sites (tertiary alicyclic amines) is 1. The Morgan fingerprint density at radius 2 is 2.12 bits per heavy atom. The minimum absolute atomic E-state index is 0.0726. The van der Waals surface area contributed by atoms with Crippen LogP contribution in [0.15, 0.2) is 24.3 Å². The molecule has 1 saturated heterocycles. The smallest absolute Gasteiger partial charge is 0.225 e. The first kappa shape index (κ1) is 18.5. The van der Waals surface area contributed by atoms with Crippen LogP contribution < -0.4 is 5.32 Å². The van der Waals surface area contributed by atoms with Crippen molar-refractivity contribution in [1.29, 1.82) is 0 Å². The third kappa shape index (κ3) is 4.81. The Kier molecular flexibility index (Phi) is 6.79. The predicted octanol–water partition coefficient (Wildman–Crippen LogP) is 2.18. The van der Waals surface area contributed by atoms with Gasteiger partial charge in [0.2, 0.25) is 11.8 Å². The van der Waals surface area contributed by atoms with E-state index in [9.17, 15) is 14.7 Å². The highest BCUT2D eigenvalue weighted by Crippen LogP contribution is 2.19. The summed E-state index contributed by atoms with van der Waals surface area (Å²) in [4.78, 5) is 26.2. The van der Waals surface area contributed by atoms with Crippen molar-refractivity contribution in [3.05, 3.63) is 35.4 Å². The maximum Gasteiger partial charge on any atom is 0.225 e. The van der Waals surface area contributed by atoms with Gasteiger partial charge in [0.1, 0.15) is 0 Å². The van der Waals surface area contributed by atoms with Crippen molar-refractivity contribution in [1.82, 2.24) is 10.2 Å². The summed E-state index contributed by atoms with van der Waals surface area (Å²) in [6.45, 7) is 5.36. The van der Waals surface area contributed by atoms with Crippen LogP contribution in [0.25, 0.3) is 0 Å². The minimum Gasteiger partial charge on any atom is -0.387 e.